The Bertz CT molecular complexity index is 290. The van der Waals surface area contributed by atoms with Crippen molar-refractivity contribution < 1.29 is 0 Å². The lowest BCUT2D eigenvalue weighted by Gasteiger charge is -2.15. The molecule has 0 aliphatic carbocycles. The average Bonchev–Trinajstić information content (AvgIpc) is 2.20. The molecule has 0 saturated heterocycles. The first kappa shape index (κ1) is 13.0. The standard InChI is InChI=1S/C14H24N2/c1-5-6-12(2)15-14-9-7-13(8-10-14)11-16(3)4/h7-10,12,15H,5-6,11H2,1-4H3. The highest BCUT2D eigenvalue weighted by molar-refractivity contribution is 5.45. The second-order valence-electron chi connectivity index (χ2n) is 4.77. The van der Waals surface area contributed by atoms with Gasteiger partial charge in [0.15, 0.2) is 0 Å². The second-order valence-corrected chi connectivity index (χ2v) is 4.77. The van der Waals surface area contributed by atoms with Gasteiger partial charge in [-0.1, -0.05) is 25.5 Å². The van der Waals surface area contributed by atoms with Gasteiger partial charge in [-0.25, -0.2) is 0 Å². The SMILES string of the molecule is CCCC(C)Nc1ccc(CN(C)C)cc1. The zero-order valence-electron chi connectivity index (χ0n) is 11.0. The fourth-order valence-electron chi connectivity index (χ4n) is 1.86. The van der Waals surface area contributed by atoms with Crippen LogP contribution in [-0.2, 0) is 6.54 Å². The van der Waals surface area contributed by atoms with Crippen molar-refractivity contribution in [3.63, 3.8) is 0 Å². The maximum absolute atomic E-state index is 3.51. The van der Waals surface area contributed by atoms with E-state index in [2.05, 4.69) is 62.4 Å². The van der Waals surface area contributed by atoms with E-state index in [1.807, 2.05) is 0 Å². The van der Waals surface area contributed by atoms with Crippen LogP contribution in [0.3, 0.4) is 0 Å². The minimum Gasteiger partial charge on any atom is -0.383 e. The van der Waals surface area contributed by atoms with Gasteiger partial charge in [0.2, 0.25) is 0 Å². The van der Waals surface area contributed by atoms with Crippen molar-refractivity contribution in [2.24, 2.45) is 0 Å². The Balaban J connectivity index is 2.50. The van der Waals surface area contributed by atoms with Gasteiger partial charge in [0.25, 0.3) is 0 Å². The van der Waals surface area contributed by atoms with Crippen LogP contribution in [0.1, 0.15) is 32.3 Å². The van der Waals surface area contributed by atoms with Gasteiger partial charge in [-0.2, -0.15) is 0 Å². The van der Waals surface area contributed by atoms with Crippen LogP contribution in [0.25, 0.3) is 0 Å². The highest BCUT2D eigenvalue weighted by atomic mass is 15.0. The van der Waals surface area contributed by atoms with Crippen molar-refractivity contribution in [2.45, 2.75) is 39.3 Å². The first-order valence-corrected chi connectivity index (χ1v) is 6.12. The van der Waals surface area contributed by atoms with Gasteiger partial charge in [0.05, 0.1) is 0 Å². The average molecular weight is 220 g/mol. The van der Waals surface area contributed by atoms with Crippen LogP contribution in [0, 0.1) is 0 Å². The van der Waals surface area contributed by atoms with Crippen molar-refractivity contribution in [1.82, 2.24) is 4.90 Å². The highest BCUT2D eigenvalue weighted by Gasteiger charge is 2.00. The molecule has 0 aromatic heterocycles. The van der Waals surface area contributed by atoms with Gasteiger partial charge in [-0.3, -0.25) is 0 Å². The van der Waals surface area contributed by atoms with Gasteiger partial charge >= 0.3 is 0 Å². The molecule has 0 aliphatic rings. The predicted molar refractivity (Wildman–Crippen MR) is 71.8 cm³/mol. The summed E-state index contributed by atoms with van der Waals surface area (Å²) < 4.78 is 0. The minimum absolute atomic E-state index is 0.560. The van der Waals surface area contributed by atoms with Crippen LogP contribution >= 0.6 is 0 Å². The van der Waals surface area contributed by atoms with Crippen molar-refractivity contribution in [2.75, 3.05) is 19.4 Å². The first-order valence-electron chi connectivity index (χ1n) is 6.12. The summed E-state index contributed by atoms with van der Waals surface area (Å²) in [6.45, 7) is 5.46. The molecule has 1 unspecified atom stereocenters. The third kappa shape index (κ3) is 4.67. The Morgan fingerprint density at radius 1 is 1.19 bits per heavy atom. The van der Waals surface area contributed by atoms with Crippen LogP contribution in [0.15, 0.2) is 24.3 Å². The normalized spacial score (nSPS) is 12.8. The summed E-state index contributed by atoms with van der Waals surface area (Å²) in [4.78, 5) is 2.18. The maximum atomic E-state index is 3.51. The molecular weight excluding hydrogens is 196 g/mol. The summed E-state index contributed by atoms with van der Waals surface area (Å²) >= 11 is 0. The summed E-state index contributed by atoms with van der Waals surface area (Å²) in [5.74, 6) is 0. The Kier molecular flexibility index (Phi) is 5.33. The van der Waals surface area contributed by atoms with E-state index in [4.69, 9.17) is 0 Å². The molecule has 2 heteroatoms. The van der Waals surface area contributed by atoms with Crippen LogP contribution in [-0.4, -0.2) is 25.0 Å². The topological polar surface area (TPSA) is 15.3 Å². The number of anilines is 1. The van der Waals surface area contributed by atoms with E-state index < -0.39 is 0 Å². The van der Waals surface area contributed by atoms with E-state index in [1.165, 1.54) is 24.1 Å². The molecule has 0 spiro atoms. The largest absolute Gasteiger partial charge is 0.383 e. The lowest BCUT2D eigenvalue weighted by Crippen LogP contribution is -2.14. The number of hydrogen-bond acceptors (Lipinski definition) is 2. The van der Waals surface area contributed by atoms with Gasteiger partial charge in [-0.15, -0.1) is 0 Å². The molecule has 1 N–H and O–H groups in total. The molecule has 2 nitrogen and oxygen atoms in total. The molecule has 0 radical (unpaired) electrons. The highest BCUT2D eigenvalue weighted by Crippen LogP contribution is 2.13. The van der Waals surface area contributed by atoms with Crippen molar-refractivity contribution in [3.8, 4) is 0 Å². The molecule has 0 fully saturated rings. The van der Waals surface area contributed by atoms with Gasteiger partial charge in [0.1, 0.15) is 0 Å². The Morgan fingerprint density at radius 2 is 1.81 bits per heavy atom. The Labute approximate surface area is 99.7 Å². The third-order valence-corrected chi connectivity index (χ3v) is 2.59. The van der Waals surface area contributed by atoms with E-state index >= 15 is 0 Å². The molecule has 0 amide bonds. The summed E-state index contributed by atoms with van der Waals surface area (Å²) in [6.07, 6.45) is 2.45. The number of benzene rings is 1. The summed E-state index contributed by atoms with van der Waals surface area (Å²) in [7, 11) is 4.19. The Morgan fingerprint density at radius 3 is 2.31 bits per heavy atom. The molecule has 1 atom stereocenters. The third-order valence-electron chi connectivity index (χ3n) is 2.59. The number of nitrogens with one attached hydrogen (secondary N) is 1. The van der Waals surface area contributed by atoms with Crippen molar-refractivity contribution in [1.29, 1.82) is 0 Å². The second kappa shape index (κ2) is 6.54. The van der Waals surface area contributed by atoms with E-state index in [1.54, 1.807) is 0 Å². The van der Waals surface area contributed by atoms with Crippen molar-refractivity contribution in [3.05, 3.63) is 29.8 Å². The van der Waals surface area contributed by atoms with Crippen molar-refractivity contribution >= 4 is 5.69 Å². The smallest absolute Gasteiger partial charge is 0.0342 e. The van der Waals surface area contributed by atoms with Crippen LogP contribution < -0.4 is 5.32 Å². The first-order chi connectivity index (χ1) is 7.61. The number of rotatable bonds is 6. The molecule has 0 heterocycles. The summed E-state index contributed by atoms with van der Waals surface area (Å²) in [5, 5.41) is 3.51. The van der Waals surface area contributed by atoms with E-state index in [0.717, 1.165) is 6.54 Å². The predicted octanol–water partition coefficient (Wildman–Crippen LogP) is 3.35. The molecule has 0 bridgehead atoms. The summed E-state index contributed by atoms with van der Waals surface area (Å²) in [5.41, 5.74) is 2.59. The molecule has 0 saturated carbocycles. The molecule has 90 valence electrons. The fourth-order valence-corrected chi connectivity index (χ4v) is 1.86. The molecule has 1 aromatic carbocycles. The quantitative estimate of drug-likeness (QED) is 0.791. The van der Waals surface area contributed by atoms with E-state index in [0.29, 0.717) is 6.04 Å². The number of hydrogen-bond donors (Lipinski definition) is 1. The summed E-state index contributed by atoms with van der Waals surface area (Å²) in [6, 6.07) is 9.29. The zero-order chi connectivity index (χ0) is 12.0. The van der Waals surface area contributed by atoms with Gasteiger partial charge in [-0.05, 0) is 45.1 Å². The number of nitrogens with zero attached hydrogens (tertiary/aromatic N) is 1. The maximum Gasteiger partial charge on any atom is 0.0342 e. The van der Waals surface area contributed by atoms with E-state index in [-0.39, 0.29) is 0 Å². The van der Waals surface area contributed by atoms with Gasteiger partial charge < -0.3 is 10.2 Å². The minimum atomic E-state index is 0.560. The van der Waals surface area contributed by atoms with Crippen LogP contribution in [0.4, 0.5) is 5.69 Å². The van der Waals surface area contributed by atoms with Crippen LogP contribution in [0.2, 0.25) is 0 Å². The fraction of sp³-hybridized carbons (Fsp3) is 0.571. The Hall–Kier alpha value is -1.02. The molecule has 0 aliphatic heterocycles. The lowest BCUT2D eigenvalue weighted by atomic mass is 10.1. The molecule has 1 rings (SSSR count). The zero-order valence-corrected chi connectivity index (χ0v) is 11.0. The van der Waals surface area contributed by atoms with E-state index in [9.17, 15) is 0 Å². The van der Waals surface area contributed by atoms with Gasteiger partial charge in [0, 0.05) is 18.3 Å². The molecular formula is C14H24N2. The lowest BCUT2D eigenvalue weighted by molar-refractivity contribution is 0.402. The van der Waals surface area contributed by atoms with Crippen LogP contribution in [0.5, 0.6) is 0 Å². The molecule has 16 heavy (non-hydrogen) atoms. The molecule has 1 aromatic rings. The monoisotopic (exact) mass is 220 g/mol.